The molecule has 0 saturated carbocycles. The SMILES string of the molecule is CN(Cc1cccc(Cl)c1)C(=O)c1ccc(=O)n(-c2ccccc2)n1. The molecule has 0 N–H and O–H groups in total. The van der Waals surface area contributed by atoms with Gasteiger partial charge < -0.3 is 4.90 Å². The smallest absolute Gasteiger partial charge is 0.274 e. The Balaban J connectivity index is 1.86. The summed E-state index contributed by atoms with van der Waals surface area (Å²) in [7, 11) is 1.68. The monoisotopic (exact) mass is 353 g/mol. The predicted molar refractivity (Wildman–Crippen MR) is 97.1 cm³/mol. The van der Waals surface area contributed by atoms with Crippen LogP contribution in [0.2, 0.25) is 5.02 Å². The maximum atomic E-state index is 12.6. The minimum Gasteiger partial charge on any atom is -0.336 e. The van der Waals surface area contributed by atoms with Crippen molar-refractivity contribution in [2.24, 2.45) is 0 Å². The van der Waals surface area contributed by atoms with E-state index in [2.05, 4.69) is 5.10 Å². The molecular formula is C19H16ClN3O2. The molecule has 6 heteroatoms. The van der Waals surface area contributed by atoms with Gasteiger partial charge in [-0.05, 0) is 35.9 Å². The largest absolute Gasteiger partial charge is 0.336 e. The van der Waals surface area contributed by atoms with Gasteiger partial charge in [-0.25, -0.2) is 0 Å². The van der Waals surface area contributed by atoms with Gasteiger partial charge in [0.25, 0.3) is 11.5 Å². The molecule has 2 aromatic carbocycles. The standard InChI is InChI=1S/C19H16ClN3O2/c1-22(13-14-6-5-7-15(20)12-14)19(25)17-10-11-18(24)23(21-17)16-8-3-2-4-9-16/h2-12H,13H2,1H3. The molecule has 0 bridgehead atoms. The molecule has 1 aromatic heterocycles. The lowest BCUT2D eigenvalue weighted by molar-refractivity contribution is 0.0777. The highest BCUT2D eigenvalue weighted by Gasteiger charge is 2.15. The normalized spacial score (nSPS) is 10.5. The van der Waals surface area contributed by atoms with E-state index in [4.69, 9.17) is 11.6 Å². The molecule has 126 valence electrons. The summed E-state index contributed by atoms with van der Waals surface area (Å²) in [6.45, 7) is 0.394. The zero-order chi connectivity index (χ0) is 17.8. The third-order valence-corrected chi connectivity index (χ3v) is 3.91. The van der Waals surface area contributed by atoms with Gasteiger partial charge in [0, 0.05) is 24.7 Å². The van der Waals surface area contributed by atoms with Crippen molar-refractivity contribution in [3.8, 4) is 5.69 Å². The van der Waals surface area contributed by atoms with Crippen molar-refractivity contribution < 1.29 is 4.79 Å². The molecule has 25 heavy (non-hydrogen) atoms. The van der Waals surface area contributed by atoms with E-state index in [0.29, 0.717) is 17.3 Å². The molecule has 1 heterocycles. The lowest BCUT2D eigenvalue weighted by Crippen LogP contribution is -2.30. The third kappa shape index (κ3) is 3.95. The molecular weight excluding hydrogens is 338 g/mol. The maximum Gasteiger partial charge on any atom is 0.274 e. The molecule has 3 aromatic rings. The molecule has 5 nitrogen and oxygen atoms in total. The van der Waals surface area contributed by atoms with E-state index in [1.165, 1.54) is 21.7 Å². The fraction of sp³-hybridized carbons (Fsp3) is 0.105. The quantitative estimate of drug-likeness (QED) is 0.724. The summed E-state index contributed by atoms with van der Waals surface area (Å²) in [5.74, 6) is -0.273. The third-order valence-electron chi connectivity index (χ3n) is 3.68. The van der Waals surface area contributed by atoms with Crippen molar-refractivity contribution in [1.82, 2.24) is 14.7 Å². The topological polar surface area (TPSA) is 55.2 Å². The van der Waals surface area contributed by atoms with Gasteiger partial charge in [0.1, 0.15) is 5.69 Å². The molecule has 0 aliphatic heterocycles. The van der Waals surface area contributed by atoms with Crippen LogP contribution < -0.4 is 5.56 Å². The van der Waals surface area contributed by atoms with Gasteiger partial charge in [-0.1, -0.05) is 41.9 Å². The molecule has 0 atom stereocenters. The Morgan fingerprint density at radius 2 is 1.84 bits per heavy atom. The van der Waals surface area contributed by atoms with Gasteiger partial charge in [-0.2, -0.15) is 9.78 Å². The Labute approximate surface area is 150 Å². The van der Waals surface area contributed by atoms with E-state index in [-0.39, 0.29) is 17.2 Å². The molecule has 3 rings (SSSR count). The van der Waals surface area contributed by atoms with Crippen LogP contribution in [0.3, 0.4) is 0 Å². The number of hydrogen-bond donors (Lipinski definition) is 0. The van der Waals surface area contributed by atoms with Crippen molar-refractivity contribution in [3.05, 3.63) is 93.4 Å². The average Bonchev–Trinajstić information content (AvgIpc) is 2.62. The van der Waals surface area contributed by atoms with Crippen LogP contribution >= 0.6 is 11.6 Å². The molecule has 0 aliphatic carbocycles. The van der Waals surface area contributed by atoms with Gasteiger partial charge in [0.2, 0.25) is 0 Å². The number of carbonyl (C=O) groups is 1. The van der Waals surface area contributed by atoms with Crippen LogP contribution in [0.4, 0.5) is 0 Å². The van der Waals surface area contributed by atoms with Crippen molar-refractivity contribution in [2.75, 3.05) is 7.05 Å². The summed E-state index contributed by atoms with van der Waals surface area (Å²) in [5.41, 5.74) is 1.44. The van der Waals surface area contributed by atoms with Crippen LogP contribution in [0, 0.1) is 0 Å². The maximum absolute atomic E-state index is 12.6. The second kappa shape index (κ2) is 7.32. The van der Waals surface area contributed by atoms with Crippen molar-refractivity contribution in [2.45, 2.75) is 6.54 Å². The first-order valence-electron chi connectivity index (χ1n) is 7.70. The Morgan fingerprint density at radius 3 is 2.56 bits per heavy atom. The number of aromatic nitrogens is 2. The Hall–Kier alpha value is -2.92. The summed E-state index contributed by atoms with van der Waals surface area (Å²) in [5, 5.41) is 4.83. The summed E-state index contributed by atoms with van der Waals surface area (Å²) in [4.78, 5) is 26.2. The fourth-order valence-corrected chi connectivity index (χ4v) is 2.67. The highest BCUT2D eigenvalue weighted by atomic mass is 35.5. The number of rotatable bonds is 4. The highest BCUT2D eigenvalue weighted by molar-refractivity contribution is 6.30. The summed E-state index contributed by atoms with van der Waals surface area (Å²) >= 11 is 5.98. The number of benzene rings is 2. The van der Waals surface area contributed by atoms with Crippen LogP contribution in [-0.2, 0) is 6.54 Å². The Morgan fingerprint density at radius 1 is 1.08 bits per heavy atom. The number of para-hydroxylation sites is 1. The lowest BCUT2D eigenvalue weighted by atomic mass is 10.2. The molecule has 0 spiro atoms. The first kappa shape index (κ1) is 16.9. The zero-order valence-electron chi connectivity index (χ0n) is 13.6. The van der Waals surface area contributed by atoms with Crippen LogP contribution in [0.5, 0.6) is 0 Å². The highest BCUT2D eigenvalue weighted by Crippen LogP contribution is 2.13. The van der Waals surface area contributed by atoms with Crippen molar-refractivity contribution in [1.29, 1.82) is 0 Å². The minimum absolute atomic E-state index is 0.202. The molecule has 0 unspecified atom stereocenters. The zero-order valence-corrected chi connectivity index (χ0v) is 14.3. The number of halogens is 1. The summed E-state index contributed by atoms with van der Waals surface area (Å²) in [6, 6.07) is 19.1. The number of hydrogen-bond acceptors (Lipinski definition) is 3. The Bertz CT molecular complexity index is 954. The van der Waals surface area contributed by atoms with Crippen molar-refractivity contribution in [3.63, 3.8) is 0 Å². The summed E-state index contributed by atoms with van der Waals surface area (Å²) in [6.07, 6.45) is 0. The van der Waals surface area contributed by atoms with E-state index >= 15 is 0 Å². The van der Waals surface area contributed by atoms with Gasteiger partial charge in [0.05, 0.1) is 5.69 Å². The van der Waals surface area contributed by atoms with E-state index in [1.807, 2.05) is 36.4 Å². The van der Waals surface area contributed by atoms with Gasteiger partial charge >= 0.3 is 0 Å². The number of amides is 1. The second-order valence-electron chi connectivity index (χ2n) is 5.60. The average molecular weight is 354 g/mol. The van der Waals surface area contributed by atoms with Gasteiger partial charge in [-0.15, -0.1) is 0 Å². The first-order valence-corrected chi connectivity index (χ1v) is 8.08. The lowest BCUT2D eigenvalue weighted by Gasteiger charge is -2.17. The minimum atomic E-state index is -0.291. The Kier molecular flexibility index (Phi) is 4.95. The summed E-state index contributed by atoms with van der Waals surface area (Å²) < 4.78 is 1.22. The van der Waals surface area contributed by atoms with Crippen LogP contribution in [0.25, 0.3) is 5.69 Å². The van der Waals surface area contributed by atoms with Crippen molar-refractivity contribution >= 4 is 17.5 Å². The van der Waals surface area contributed by atoms with E-state index in [9.17, 15) is 9.59 Å². The first-order chi connectivity index (χ1) is 12.0. The van der Waals surface area contributed by atoms with Crippen LogP contribution in [-0.4, -0.2) is 27.6 Å². The molecule has 0 saturated heterocycles. The molecule has 0 radical (unpaired) electrons. The van der Waals surface area contributed by atoms with E-state index < -0.39 is 0 Å². The number of carbonyl (C=O) groups excluding carboxylic acids is 1. The van der Waals surface area contributed by atoms with Crippen LogP contribution in [0.1, 0.15) is 16.1 Å². The van der Waals surface area contributed by atoms with E-state index in [0.717, 1.165) is 5.56 Å². The van der Waals surface area contributed by atoms with Gasteiger partial charge in [0.15, 0.2) is 0 Å². The predicted octanol–water partition coefficient (Wildman–Crippen LogP) is 3.16. The fourth-order valence-electron chi connectivity index (χ4n) is 2.46. The van der Waals surface area contributed by atoms with Crippen LogP contribution in [0.15, 0.2) is 71.5 Å². The molecule has 0 fully saturated rings. The molecule has 1 amide bonds. The second-order valence-corrected chi connectivity index (χ2v) is 6.03. The molecule has 0 aliphatic rings. The van der Waals surface area contributed by atoms with Gasteiger partial charge in [-0.3, -0.25) is 9.59 Å². The van der Waals surface area contributed by atoms with E-state index in [1.54, 1.807) is 25.2 Å². The number of nitrogens with zero attached hydrogens (tertiary/aromatic N) is 3.